The number of rotatable bonds is 7. The van der Waals surface area contributed by atoms with E-state index in [1.165, 1.54) is 0 Å². The van der Waals surface area contributed by atoms with Crippen LogP contribution >= 0.6 is 0 Å². The highest BCUT2D eigenvalue weighted by Gasteiger charge is 2.31. The van der Waals surface area contributed by atoms with Crippen molar-refractivity contribution in [2.45, 2.75) is 71.4 Å². The van der Waals surface area contributed by atoms with E-state index in [9.17, 15) is 14.7 Å². The molecule has 0 radical (unpaired) electrons. The largest absolute Gasteiger partial charge is 0.393 e. The molecule has 0 aromatic rings. The number of likely N-dealkylation sites (tertiary alicyclic amines) is 1. The van der Waals surface area contributed by atoms with Crippen LogP contribution in [0.5, 0.6) is 0 Å². The Balaban J connectivity index is 2.47. The lowest BCUT2D eigenvalue weighted by Gasteiger charge is -2.34. The molecule has 2 amide bonds. The molecule has 0 aromatic carbocycles. The van der Waals surface area contributed by atoms with Gasteiger partial charge in [0.2, 0.25) is 11.8 Å². The van der Waals surface area contributed by atoms with Crippen molar-refractivity contribution in [3.63, 3.8) is 0 Å². The van der Waals surface area contributed by atoms with Crippen molar-refractivity contribution >= 4 is 11.8 Å². The monoisotopic (exact) mass is 298 g/mol. The van der Waals surface area contributed by atoms with Gasteiger partial charge in [-0.1, -0.05) is 20.8 Å². The Morgan fingerprint density at radius 2 is 2.05 bits per heavy atom. The molecule has 5 nitrogen and oxygen atoms in total. The third-order valence-electron chi connectivity index (χ3n) is 4.10. The molecule has 5 heteroatoms. The number of amides is 2. The first-order valence-corrected chi connectivity index (χ1v) is 8.22. The summed E-state index contributed by atoms with van der Waals surface area (Å²) in [6, 6.07) is -0.325. The van der Waals surface area contributed by atoms with Crippen LogP contribution in [0, 0.1) is 5.92 Å². The molecule has 2 unspecified atom stereocenters. The highest BCUT2D eigenvalue weighted by Crippen LogP contribution is 2.18. The van der Waals surface area contributed by atoms with Gasteiger partial charge in [0.15, 0.2) is 0 Å². The number of aliphatic hydroxyl groups excluding tert-OH is 1. The van der Waals surface area contributed by atoms with Crippen molar-refractivity contribution in [3.05, 3.63) is 0 Å². The Morgan fingerprint density at radius 3 is 2.67 bits per heavy atom. The molecule has 1 aliphatic heterocycles. The van der Waals surface area contributed by atoms with Crippen LogP contribution in [0.1, 0.15) is 59.3 Å². The number of nitrogens with zero attached hydrogens (tertiary/aromatic N) is 1. The van der Waals surface area contributed by atoms with Gasteiger partial charge in [-0.3, -0.25) is 9.59 Å². The van der Waals surface area contributed by atoms with Crippen molar-refractivity contribution in [1.29, 1.82) is 0 Å². The highest BCUT2D eigenvalue weighted by atomic mass is 16.3. The van der Waals surface area contributed by atoms with Gasteiger partial charge in [-0.25, -0.2) is 0 Å². The molecule has 1 heterocycles. The van der Waals surface area contributed by atoms with Gasteiger partial charge in [0.05, 0.1) is 6.10 Å². The highest BCUT2D eigenvalue weighted by molar-refractivity contribution is 5.87. The minimum absolute atomic E-state index is 0.0740. The lowest BCUT2D eigenvalue weighted by Crippen LogP contribution is -2.52. The van der Waals surface area contributed by atoms with Gasteiger partial charge in [0.25, 0.3) is 0 Å². The van der Waals surface area contributed by atoms with Crippen LogP contribution in [0.25, 0.3) is 0 Å². The number of piperidine rings is 1. The smallest absolute Gasteiger partial charge is 0.242 e. The topological polar surface area (TPSA) is 69.6 Å². The fourth-order valence-electron chi connectivity index (χ4n) is 2.65. The zero-order valence-electron chi connectivity index (χ0n) is 13.6. The molecule has 1 fully saturated rings. The molecule has 0 aromatic heterocycles. The Kier molecular flexibility index (Phi) is 7.72. The van der Waals surface area contributed by atoms with Crippen LogP contribution < -0.4 is 5.32 Å². The molecule has 1 aliphatic rings. The molecule has 0 saturated carbocycles. The van der Waals surface area contributed by atoms with E-state index in [0.717, 1.165) is 25.7 Å². The average Bonchev–Trinajstić information content (AvgIpc) is 2.47. The summed E-state index contributed by atoms with van der Waals surface area (Å²) in [5.41, 5.74) is 0. The molecule has 1 saturated heterocycles. The Bertz CT molecular complexity index is 344. The summed E-state index contributed by atoms with van der Waals surface area (Å²) in [7, 11) is 0. The first-order chi connectivity index (χ1) is 9.97. The third-order valence-corrected chi connectivity index (χ3v) is 4.10. The molecule has 21 heavy (non-hydrogen) atoms. The third kappa shape index (κ3) is 5.65. The summed E-state index contributed by atoms with van der Waals surface area (Å²) in [5, 5.41) is 12.6. The predicted molar refractivity (Wildman–Crippen MR) is 82.7 cm³/mol. The van der Waals surface area contributed by atoms with E-state index in [-0.39, 0.29) is 23.8 Å². The summed E-state index contributed by atoms with van der Waals surface area (Å²) >= 11 is 0. The van der Waals surface area contributed by atoms with E-state index in [4.69, 9.17) is 0 Å². The van der Waals surface area contributed by atoms with Gasteiger partial charge < -0.3 is 15.3 Å². The van der Waals surface area contributed by atoms with E-state index in [1.807, 2.05) is 20.8 Å². The lowest BCUT2D eigenvalue weighted by molar-refractivity contribution is -0.142. The van der Waals surface area contributed by atoms with Crippen LogP contribution in [0.4, 0.5) is 0 Å². The average molecular weight is 298 g/mol. The van der Waals surface area contributed by atoms with Crippen LogP contribution in [0.2, 0.25) is 0 Å². The standard InChI is InChI=1S/C16H30N2O3/c1-4-7-15(20)18-11-6-5-8-13(18)16(21)17-10-9-14(19)12(2)3/h12-14,19H,4-11H2,1-3H3,(H,17,21). The molecule has 2 N–H and O–H groups in total. The molecule has 122 valence electrons. The Morgan fingerprint density at radius 1 is 1.33 bits per heavy atom. The maximum atomic E-state index is 12.3. The van der Waals surface area contributed by atoms with Crippen LogP contribution in [-0.2, 0) is 9.59 Å². The molecule has 0 spiro atoms. The first kappa shape index (κ1) is 18.0. The number of carbonyl (C=O) groups is 2. The number of hydrogen-bond donors (Lipinski definition) is 2. The minimum Gasteiger partial charge on any atom is -0.393 e. The minimum atomic E-state index is -0.394. The Hall–Kier alpha value is -1.10. The normalized spacial score (nSPS) is 20.4. The molecular formula is C16H30N2O3. The molecule has 0 aliphatic carbocycles. The number of nitrogens with one attached hydrogen (secondary N) is 1. The van der Waals surface area contributed by atoms with Crippen LogP contribution in [-0.4, -0.2) is 47.1 Å². The van der Waals surface area contributed by atoms with Crippen LogP contribution in [0.15, 0.2) is 0 Å². The second-order valence-electron chi connectivity index (χ2n) is 6.24. The predicted octanol–water partition coefficient (Wildman–Crippen LogP) is 1.69. The van der Waals surface area contributed by atoms with Gasteiger partial charge in [-0.05, 0) is 38.0 Å². The summed E-state index contributed by atoms with van der Waals surface area (Å²) in [6.07, 6.45) is 4.19. The van der Waals surface area contributed by atoms with E-state index in [2.05, 4.69) is 5.32 Å². The van der Waals surface area contributed by atoms with E-state index in [1.54, 1.807) is 4.90 Å². The summed E-state index contributed by atoms with van der Waals surface area (Å²) < 4.78 is 0. The van der Waals surface area contributed by atoms with Crippen molar-refractivity contribution in [2.75, 3.05) is 13.1 Å². The van der Waals surface area contributed by atoms with Gasteiger partial charge in [-0.15, -0.1) is 0 Å². The molecular weight excluding hydrogens is 268 g/mol. The number of hydrogen-bond acceptors (Lipinski definition) is 3. The van der Waals surface area contributed by atoms with Gasteiger partial charge in [0, 0.05) is 19.5 Å². The van der Waals surface area contributed by atoms with Crippen LogP contribution in [0.3, 0.4) is 0 Å². The quantitative estimate of drug-likeness (QED) is 0.751. The number of carbonyl (C=O) groups excluding carboxylic acids is 2. The van der Waals surface area contributed by atoms with Crippen molar-refractivity contribution in [1.82, 2.24) is 10.2 Å². The fraction of sp³-hybridized carbons (Fsp3) is 0.875. The zero-order chi connectivity index (χ0) is 15.8. The summed E-state index contributed by atoms with van der Waals surface area (Å²) in [4.78, 5) is 26.1. The maximum Gasteiger partial charge on any atom is 0.242 e. The van der Waals surface area contributed by atoms with Crippen molar-refractivity contribution in [3.8, 4) is 0 Å². The number of aliphatic hydroxyl groups is 1. The van der Waals surface area contributed by atoms with Crippen molar-refractivity contribution in [2.24, 2.45) is 5.92 Å². The van der Waals surface area contributed by atoms with Crippen molar-refractivity contribution < 1.29 is 14.7 Å². The van der Waals surface area contributed by atoms with E-state index >= 15 is 0 Å². The second kappa shape index (κ2) is 9.03. The first-order valence-electron chi connectivity index (χ1n) is 8.22. The van der Waals surface area contributed by atoms with Gasteiger partial charge >= 0.3 is 0 Å². The Labute approximate surface area is 128 Å². The summed E-state index contributed by atoms with van der Waals surface area (Å²) in [6.45, 7) is 7.04. The van der Waals surface area contributed by atoms with E-state index < -0.39 is 6.10 Å². The molecule has 0 bridgehead atoms. The fourth-order valence-corrected chi connectivity index (χ4v) is 2.65. The maximum absolute atomic E-state index is 12.3. The van der Waals surface area contributed by atoms with Gasteiger partial charge in [0.1, 0.15) is 6.04 Å². The molecule has 2 atom stereocenters. The van der Waals surface area contributed by atoms with Gasteiger partial charge in [-0.2, -0.15) is 0 Å². The zero-order valence-corrected chi connectivity index (χ0v) is 13.6. The SMILES string of the molecule is CCCC(=O)N1CCCCC1C(=O)NCCC(O)C(C)C. The molecule has 1 rings (SSSR count). The lowest BCUT2D eigenvalue weighted by atomic mass is 10.00. The summed E-state index contributed by atoms with van der Waals surface area (Å²) in [5.74, 6) is 0.203. The second-order valence-corrected chi connectivity index (χ2v) is 6.24. The van der Waals surface area contributed by atoms with E-state index in [0.29, 0.717) is 25.9 Å².